The first-order chi connectivity index (χ1) is 22.3. The number of nitrogens with zero attached hydrogens (tertiary/aromatic N) is 3. The molecule has 0 atom stereocenters. The van der Waals surface area contributed by atoms with Crippen LogP contribution in [0.25, 0.3) is 35.4 Å². The largest absolute Gasteiger partial charge is 0.279 e. The molecular formula is C43H37N3. The molecule has 1 heterocycles. The Kier molecular flexibility index (Phi) is 7.68. The van der Waals surface area contributed by atoms with Crippen LogP contribution in [-0.2, 0) is 5.41 Å². The van der Waals surface area contributed by atoms with Gasteiger partial charge in [-0.05, 0) is 88.7 Å². The third-order valence-electron chi connectivity index (χ3n) is 8.80. The van der Waals surface area contributed by atoms with Crippen LogP contribution >= 0.6 is 0 Å². The minimum atomic E-state index is -0.168. The molecule has 0 unspecified atom stereocenters. The summed E-state index contributed by atoms with van der Waals surface area (Å²) in [6.45, 7) is 8.72. The molecule has 6 aromatic rings. The van der Waals surface area contributed by atoms with Crippen LogP contribution in [0.1, 0.15) is 58.6 Å². The van der Waals surface area contributed by atoms with Gasteiger partial charge in [0.05, 0.1) is 0 Å². The van der Waals surface area contributed by atoms with Gasteiger partial charge in [0, 0.05) is 28.2 Å². The van der Waals surface area contributed by atoms with Crippen LogP contribution in [0.4, 0.5) is 17.3 Å². The van der Waals surface area contributed by atoms with E-state index < -0.39 is 0 Å². The fourth-order valence-corrected chi connectivity index (χ4v) is 6.42. The zero-order chi connectivity index (χ0) is 31.7. The molecule has 0 N–H and O–H groups in total. The molecule has 1 aliphatic rings. The first-order valence-corrected chi connectivity index (χ1v) is 15.8. The van der Waals surface area contributed by atoms with Crippen molar-refractivity contribution in [3.05, 3.63) is 172 Å². The maximum absolute atomic E-state index is 4.91. The highest BCUT2D eigenvalue weighted by Gasteiger charge is 2.36. The van der Waals surface area contributed by atoms with E-state index in [9.17, 15) is 0 Å². The van der Waals surface area contributed by atoms with Crippen molar-refractivity contribution < 1.29 is 0 Å². The molecule has 46 heavy (non-hydrogen) atoms. The lowest BCUT2D eigenvalue weighted by atomic mass is 9.81. The Hall–Kier alpha value is -5.54. The summed E-state index contributed by atoms with van der Waals surface area (Å²) in [5.41, 5.74) is 13.7. The average Bonchev–Trinajstić information content (AvgIpc) is 3.29. The number of anilines is 3. The van der Waals surface area contributed by atoms with E-state index in [0.29, 0.717) is 5.95 Å². The van der Waals surface area contributed by atoms with Gasteiger partial charge in [-0.1, -0.05) is 135 Å². The van der Waals surface area contributed by atoms with Gasteiger partial charge in [0.1, 0.15) is 0 Å². The Bertz CT molecular complexity index is 2050. The highest BCUT2D eigenvalue weighted by Crippen LogP contribution is 2.50. The van der Waals surface area contributed by atoms with Crippen LogP contribution in [0.2, 0.25) is 0 Å². The number of aromatic nitrogens is 2. The van der Waals surface area contributed by atoms with Crippen LogP contribution in [0.3, 0.4) is 0 Å². The van der Waals surface area contributed by atoms with Crippen molar-refractivity contribution >= 4 is 41.6 Å². The predicted octanol–water partition coefficient (Wildman–Crippen LogP) is 11.2. The molecule has 0 fully saturated rings. The van der Waals surface area contributed by atoms with Gasteiger partial charge in [0.15, 0.2) is 0 Å². The normalized spacial score (nSPS) is 13.2. The lowest BCUT2D eigenvalue weighted by Gasteiger charge is -2.27. The molecule has 0 saturated heterocycles. The number of benzene rings is 5. The van der Waals surface area contributed by atoms with Crippen LogP contribution in [0, 0.1) is 13.8 Å². The molecule has 0 aliphatic heterocycles. The fourth-order valence-electron chi connectivity index (χ4n) is 6.42. The quantitative estimate of drug-likeness (QED) is 0.172. The van der Waals surface area contributed by atoms with Gasteiger partial charge >= 0.3 is 0 Å². The highest BCUT2D eigenvalue weighted by atomic mass is 15.3. The second-order valence-corrected chi connectivity index (χ2v) is 12.5. The maximum atomic E-state index is 4.91. The van der Waals surface area contributed by atoms with Gasteiger partial charge in [0.2, 0.25) is 5.95 Å². The Labute approximate surface area is 272 Å². The Morgan fingerprint density at radius 2 is 0.935 bits per heavy atom. The minimum absolute atomic E-state index is 0.168. The summed E-state index contributed by atoms with van der Waals surface area (Å²) < 4.78 is 0. The molecule has 1 aromatic heterocycles. The van der Waals surface area contributed by atoms with E-state index in [-0.39, 0.29) is 5.41 Å². The summed E-state index contributed by atoms with van der Waals surface area (Å²) in [7, 11) is 0. The van der Waals surface area contributed by atoms with Gasteiger partial charge < -0.3 is 0 Å². The average molecular weight is 596 g/mol. The third kappa shape index (κ3) is 5.80. The third-order valence-corrected chi connectivity index (χ3v) is 8.80. The molecular weight excluding hydrogens is 558 g/mol. The first-order valence-electron chi connectivity index (χ1n) is 15.8. The van der Waals surface area contributed by atoms with Crippen molar-refractivity contribution in [2.45, 2.75) is 33.1 Å². The smallest absolute Gasteiger partial charge is 0.235 e. The van der Waals surface area contributed by atoms with Crippen molar-refractivity contribution in [1.29, 1.82) is 0 Å². The maximum Gasteiger partial charge on any atom is 0.235 e. The first kappa shape index (κ1) is 29.2. The summed E-state index contributed by atoms with van der Waals surface area (Å²) in [4.78, 5) is 12.0. The van der Waals surface area contributed by atoms with Crippen LogP contribution in [0.15, 0.2) is 127 Å². The predicted molar refractivity (Wildman–Crippen MR) is 194 cm³/mol. The zero-order valence-corrected chi connectivity index (χ0v) is 26.8. The van der Waals surface area contributed by atoms with Gasteiger partial charge in [-0.25, -0.2) is 9.97 Å². The van der Waals surface area contributed by atoms with Crippen molar-refractivity contribution in [2.75, 3.05) is 4.90 Å². The number of fused-ring (bicyclic) bond motifs is 3. The van der Waals surface area contributed by atoms with Crippen molar-refractivity contribution in [2.24, 2.45) is 0 Å². The van der Waals surface area contributed by atoms with Crippen LogP contribution in [-0.4, -0.2) is 9.97 Å². The van der Waals surface area contributed by atoms with Gasteiger partial charge in [-0.2, -0.15) is 0 Å². The Morgan fingerprint density at radius 3 is 1.52 bits per heavy atom. The minimum Gasteiger partial charge on any atom is -0.279 e. The Morgan fingerprint density at radius 1 is 0.478 bits per heavy atom. The molecule has 1 aliphatic carbocycles. The number of aryl methyl sites for hydroxylation is 2. The van der Waals surface area contributed by atoms with E-state index in [1.54, 1.807) is 0 Å². The molecule has 224 valence electrons. The van der Waals surface area contributed by atoms with Crippen LogP contribution < -0.4 is 4.90 Å². The molecule has 7 rings (SSSR count). The van der Waals surface area contributed by atoms with Gasteiger partial charge in [-0.15, -0.1) is 0 Å². The standard InChI is InChI=1S/C43H37N3/c1-30-27-31(2)45-42(44-30)46(36-22-19-34(20-23-36)16-15-32-11-7-5-8-12-32)37-24-26-39-38-25-21-35(18-17-33-13-9-6-10-14-33)28-40(38)43(3,4)41(39)29-37/h5-29H,1-4H3/b16-15+,18-17+. The molecule has 5 aromatic carbocycles. The van der Waals surface area contributed by atoms with E-state index in [1.165, 1.54) is 38.9 Å². The summed E-state index contributed by atoms with van der Waals surface area (Å²) in [5, 5.41) is 0. The molecule has 0 bridgehead atoms. The molecule has 0 saturated carbocycles. The summed E-state index contributed by atoms with van der Waals surface area (Å²) >= 11 is 0. The SMILES string of the molecule is Cc1cc(C)nc(N(c2ccc(/C=C/c3ccccc3)cc2)c2ccc3c(c2)C(C)(C)c2cc(/C=C/c4ccccc4)ccc2-3)n1. The molecule has 3 heteroatoms. The van der Waals surface area contributed by atoms with Crippen molar-refractivity contribution in [3.8, 4) is 11.1 Å². The number of hydrogen-bond acceptors (Lipinski definition) is 3. The number of rotatable bonds is 7. The van der Waals surface area contributed by atoms with E-state index in [4.69, 9.17) is 9.97 Å². The van der Waals surface area contributed by atoms with E-state index in [2.05, 4.69) is 152 Å². The molecule has 3 nitrogen and oxygen atoms in total. The van der Waals surface area contributed by atoms with E-state index >= 15 is 0 Å². The number of hydrogen-bond donors (Lipinski definition) is 0. The van der Waals surface area contributed by atoms with E-state index in [1.807, 2.05) is 32.0 Å². The molecule has 0 spiro atoms. The highest BCUT2D eigenvalue weighted by molar-refractivity contribution is 5.86. The second kappa shape index (κ2) is 12.1. The second-order valence-electron chi connectivity index (χ2n) is 12.5. The summed E-state index contributed by atoms with van der Waals surface area (Å²) in [6.07, 6.45) is 8.68. The topological polar surface area (TPSA) is 29.0 Å². The zero-order valence-electron chi connectivity index (χ0n) is 26.8. The van der Waals surface area contributed by atoms with Gasteiger partial charge in [-0.3, -0.25) is 4.90 Å². The van der Waals surface area contributed by atoms with Crippen molar-refractivity contribution in [3.63, 3.8) is 0 Å². The molecule has 0 radical (unpaired) electrons. The van der Waals surface area contributed by atoms with E-state index in [0.717, 1.165) is 28.3 Å². The van der Waals surface area contributed by atoms with Gasteiger partial charge in [0.25, 0.3) is 0 Å². The monoisotopic (exact) mass is 595 g/mol. The fraction of sp³-hybridized carbons (Fsp3) is 0.116. The Balaban J connectivity index is 1.26. The van der Waals surface area contributed by atoms with Crippen LogP contribution in [0.5, 0.6) is 0 Å². The lowest BCUT2D eigenvalue weighted by molar-refractivity contribution is 0.660. The van der Waals surface area contributed by atoms with Crippen molar-refractivity contribution in [1.82, 2.24) is 9.97 Å². The lowest BCUT2D eigenvalue weighted by Crippen LogP contribution is -2.18. The molecule has 0 amide bonds. The summed E-state index contributed by atoms with van der Waals surface area (Å²) in [6, 6.07) is 45.1. The summed E-state index contributed by atoms with van der Waals surface area (Å²) in [5.74, 6) is 0.673.